The van der Waals surface area contributed by atoms with E-state index in [0.29, 0.717) is 22.6 Å². The Labute approximate surface area is 133 Å². The van der Waals surface area contributed by atoms with E-state index in [9.17, 15) is 9.59 Å². The minimum absolute atomic E-state index is 0.0164. The summed E-state index contributed by atoms with van der Waals surface area (Å²) in [6.07, 6.45) is 0. The molecule has 6 heteroatoms. The molecule has 2 amide bonds. The van der Waals surface area contributed by atoms with Gasteiger partial charge in [0.15, 0.2) is 0 Å². The van der Waals surface area contributed by atoms with Crippen molar-refractivity contribution in [1.82, 2.24) is 5.32 Å². The number of urea groups is 1. The minimum Gasteiger partial charge on any atom is -0.478 e. The van der Waals surface area contributed by atoms with Gasteiger partial charge in [-0.3, -0.25) is 0 Å². The molecule has 0 unspecified atom stereocenters. The predicted octanol–water partition coefficient (Wildman–Crippen LogP) is 3.95. The van der Waals surface area contributed by atoms with Gasteiger partial charge in [-0.05, 0) is 45.5 Å². The van der Waals surface area contributed by atoms with Crippen molar-refractivity contribution in [3.63, 3.8) is 0 Å². The molecule has 21 heavy (non-hydrogen) atoms. The molecule has 3 N–H and O–H groups in total. The van der Waals surface area contributed by atoms with Crippen LogP contribution in [0.3, 0.4) is 0 Å². The number of hydrogen-bond acceptors (Lipinski definition) is 2. The van der Waals surface area contributed by atoms with E-state index in [2.05, 4.69) is 54.3 Å². The van der Waals surface area contributed by atoms with Gasteiger partial charge in [-0.1, -0.05) is 27.7 Å². The lowest BCUT2D eigenvalue weighted by atomic mass is 9.81. The Balaban J connectivity index is 2.71. The molecule has 0 saturated carbocycles. The fourth-order valence-electron chi connectivity index (χ4n) is 1.43. The average Bonchev–Trinajstić information content (AvgIpc) is 2.38. The number of carbonyl (C=O) groups is 2. The van der Waals surface area contributed by atoms with E-state index in [1.807, 2.05) is 0 Å². The highest BCUT2D eigenvalue weighted by molar-refractivity contribution is 9.10. The quantitative estimate of drug-likeness (QED) is 0.747. The summed E-state index contributed by atoms with van der Waals surface area (Å²) in [5, 5.41) is 14.4. The summed E-state index contributed by atoms with van der Waals surface area (Å²) in [5.41, 5.74) is 0.531. The Bertz CT molecular complexity index is 542. The molecule has 116 valence electrons. The van der Waals surface area contributed by atoms with Crippen molar-refractivity contribution in [2.24, 2.45) is 11.3 Å². The molecular weight excluding hydrogens is 336 g/mol. The van der Waals surface area contributed by atoms with Crippen LogP contribution in [-0.4, -0.2) is 23.7 Å². The second-order valence-corrected chi connectivity index (χ2v) is 6.81. The SMILES string of the molecule is CC(C)C(C)(C)CNC(=O)Nc1cc(C(=O)O)ccc1Br. The zero-order valence-corrected chi connectivity index (χ0v) is 14.2. The molecule has 0 aliphatic heterocycles. The summed E-state index contributed by atoms with van der Waals surface area (Å²) in [5.74, 6) is -0.605. The van der Waals surface area contributed by atoms with Crippen LogP contribution >= 0.6 is 15.9 Å². The lowest BCUT2D eigenvalue weighted by molar-refractivity contribution is 0.0697. The monoisotopic (exact) mass is 356 g/mol. The van der Waals surface area contributed by atoms with Gasteiger partial charge in [0.25, 0.3) is 0 Å². The molecule has 0 aromatic heterocycles. The van der Waals surface area contributed by atoms with Crippen LogP contribution in [0.1, 0.15) is 38.1 Å². The van der Waals surface area contributed by atoms with Gasteiger partial charge < -0.3 is 15.7 Å². The second-order valence-electron chi connectivity index (χ2n) is 5.95. The number of carbonyl (C=O) groups excluding carboxylic acids is 1. The van der Waals surface area contributed by atoms with E-state index in [0.717, 1.165) is 0 Å². The topological polar surface area (TPSA) is 78.4 Å². The van der Waals surface area contributed by atoms with Gasteiger partial charge >= 0.3 is 12.0 Å². The number of hydrogen-bond donors (Lipinski definition) is 3. The van der Waals surface area contributed by atoms with Gasteiger partial charge in [0.05, 0.1) is 11.3 Å². The van der Waals surface area contributed by atoms with Crippen molar-refractivity contribution in [1.29, 1.82) is 0 Å². The average molecular weight is 357 g/mol. The van der Waals surface area contributed by atoms with E-state index in [1.54, 1.807) is 6.07 Å². The van der Waals surface area contributed by atoms with Gasteiger partial charge in [-0.25, -0.2) is 9.59 Å². The lowest BCUT2D eigenvalue weighted by Gasteiger charge is -2.29. The maximum absolute atomic E-state index is 11.9. The van der Waals surface area contributed by atoms with Crippen molar-refractivity contribution in [3.05, 3.63) is 28.2 Å². The first-order valence-electron chi connectivity index (χ1n) is 6.71. The zero-order chi connectivity index (χ0) is 16.2. The third-order valence-corrected chi connectivity index (χ3v) is 4.42. The largest absolute Gasteiger partial charge is 0.478 e. The zero-order valence-electron chi connectivity index (χ0n) is 12.7. The van der Waals surface area contributed by atoms with Gasteiger partial charge in [-0.2, -0.15) is 0 Å². The van der Waals surface area contributed by atoms with Crippen molar-refractivity contribution in [3.8, 4) is 0 Å². The van der Waals surface area contributed by atoms with Gasteiger partial charge in [0.1, 0.15) is 0 Å². The Hall–Kier alpha value is -1.56. The Morgan fingerprint density at radius 1 is 1.33 bits per heavy atom. The van der Waals surface area contributed by atoms with Crippen LogP contribution < -0.4 is 10.6 Å². The second kappa shape index (κ2) is 6.93. The maximum atomic E-state index is 11.9. The predicted molar refractivity (Wildman–Crippen MR) is 86.7 cm³/mol. The lowest BCUT2D eigenvalue weighted by Crippen LogP contribution is -2.39. The van der Waals surface area contributed by atoms with Crippen molar-refractivity contribution < 1.29 is 14.7 Å². The van der Waals surface area contributed by atoms with Crippen LogP contribution in [0.5, 0.6) is 0 Å². The molecule has 0 atom stereocenters. The highest BCUT2D eigenvalue weighted by atomic mass is 79.9. The molecule has 0 bridgehead atoms. The molecule has 0 saturated heterocycles. The van der Waals surface area contributed by atoms with Gasteiger partial charge in [-0.15, -0.1) is 0 Å². The summed E-state index contributed by atoms with van der Waals surface area (Å²) < 4.78 is 0.630. The molecule has 0 spiro atoms. The summed E-state index contributed by atoms with van der Waals surface area (Å²) in [4.78, 5) is 22.9. The normalized spacial score (nSPS) is 11.3. The molecule has 0 aliphatic carbocycles. The molecule has 0 aliphatic rings. The number of benzene rings is 1. The number of anilines is 1. The summed E-state index contributed by atoms with van der Waals surface area (Å²) >= 11 is 3.29. The van der Waals surface area contributed by atoms with Gasteiger partial charge in [0.2, 0.25) is 0 Å². The first kappa shape index (κ1) is 17.5. The van der Waals surface area contributed by atoms with Crippen LogP contribution in [0.4, 0.5) is 10.5 Å². The van der Waals surface area contributed by atoms with Crippen LogP contribution in [0.25, 0.3) is 0 Å². The first-order valence-corrected chi connectivity index (χ1v) is 7.50. The Morgan fingerprint density at radius 2 is 1.95 bits per heavy atom. The highest BCUT2D eigenvalue weighted by Crippen LogP contribution is 2.25. The molecule has 5 nitrogen and oxygen atoms in total. The smallest absolute Gasteiger partial charge is 0.335 e. The van der Waals surface area contributed by atoms with Crippen LogP contribution in [0.15, 0.2) is 22.7 Å². The molecule has 1 aromatic rings. The fourth-order valence-corrected chi connectivity index (χ4v) is 1.78. The maximum Gasteiger partial charge on any atom is 0.335 e. The third-order valence-electron chi connectivity index (χ3n) is 3.73. The molecule has 1 rings (SSSR count). The fraction of sp³-hybridized carbons (Fsp3) is 0.467. The summed E-state index contributed by atoms with van der Waals surface area (Å²) in [7, 11) is 0. The molecule has 0 radical (unpaired) electrons. The Morgan fingerprint density at radius 3 is 2.48 bits per heavy atom. The minimum atomic E-state index is -1.04. The van der Waals surface area contributed by atoms with Crippen LogP contribution in [0, 0.1) is 11.3 Å². The van der Waals surface area contributed by atoms with E-state index >= 15 is 0 Å². The van der Waals surface area contributed by atoms with Crippen molar-refractivity contribution in [2.75, 3.05) is 11.9 Å². The number of aromatic carboxylic acids is 1. The number of carboxylic acid groups (broad SMARTS) is 1. The molecule has 0 heterocycles. The number of halogens is 1. The van der Waals surface area contributed by atoms with E-state index in [1.165, 1.54) is 12.1 Å². The number of carboxylic acids is 1. The van der Waals surface area contributed by atoms with Gasteiger partial charge in [0, 0.05) is 11.0 Å². The number of rotatable bonds is 5. The molecule has 0 fully saturated rings. The van der Waals surface area contributed by atoms with E-state index in [4.69, 9.17) is 5.11 Å². The summed E-state index contributed by atoms with van der Waals surface area (Å²) in [6.45, 7) is 8.91. The summed E-state index contributed by atoms with van der Waals surface area (Å²) in [6, 6.07) is 4.13. The first-order chi connectivity index (χ1) is 9.63. The standard InChI is InChI=1S/C15H21BrN2O3/c1-9(2)15(3,4)8-17-14(21)18-12-7-10(13(19)20)5-6-11(12)16/h5-7,9H,8H2,1-4H3,(H,19,20)(H2,17,18,21). The highest BCUT2D eigenvalue weighted by Gasteiger charge is 2.23. The van der Waals surface area contributed by atoms with Crippen LogP contribution in [0.2, 0.25) is 0 Å². The number of amides is 2. The van der Waals surface area contributed by atoms with Crippen molar-refractivity contribution in [2.45, 2.75) is 27.7 Å². The van der Waals surface area contributed by atoms with E-state index in [-0.39, 0.29) is 17.0 Å². The van der Waals surface area contributed by atoms with Crippen molar-refractivity contribution >= 4 is 33.6 Å². The van der Waals surface area contributed by atoms with Crippen LogP contribution in [-0.2, 0) is 0 Å². The number of nitrogens with one attached hydrogen (secondary N) is 2. The molecule has 1 aromatic carbocycles. The Kier molecular flexibility index (Phi) is 5.78. The third kappa shape index (κ3) is 5.04. The molecular formula is C15H21BrN2O3. The van der Waals surface area contributed by atoms with E-state index < -0.39 is 5.97 Å².